The number of piperidine rings is 1. The Morgan fingerprint density at radius 1 is 1.05 bits per heavy atom. The van der Waals surface area contributed by atoms with Gasteiger partial charge in [0.05, 0.1) is 31.2 Å². The van der Waals surface area contributed by atoms with Gasteiger partial charge in [-0.3, -0.25) is 9.89 Å². The standard InChI is InChI=1S/C30H40N8O2/c1-23-7-6-8-25(17-23)27-18-26(22-36-10-4-3-5-11-36)38(35-27)29-19-28(37-12-15-39-16-13-37)33-30(34-29)40-14-9-24(20-31)21-32-2/h6-8,17-21H,3-5,9-16,22,31H2,1-2H3. The Morgan fingerprint density at radius 2 is 1.85 bits per heavy atom. The highest BCUT2D eigenvalue weighted by atomic mass is 16.5. The van der Waals surface area contributed by atoms with E-state index in [1.165, 1.54) is 24.8 Å². The van der Waals surface area contributed by atoms with Crippen LogP contribution in [0.4, 0.5) is 5.82 Å². The largest absolute Gasteiger partial charge is 0.463 e. The molecule has 0 saturated carbocycles. The summed E-state index contributed by atoms with van der Waals surface area (Å²) in [4.78, 5) is 18.4. The van der Waals surface area contributed by atoms with E-state index in [-0.39, 0.29) is 0 Å². The number of nitrogens with two attached hydrogens (primary N) is 1. The van der Waals surface area contributed by atoms with Crippen molar-refractivity contribution in [2.24, 2.45) is 10.7 Å². The second-order valence-electron chi connectivity index (χ2n) is 10.3. The molecule has 3 aromatic rings. The van der Waals surface area contributed by atoms with E-state index in [0.717, 1.165) is 61.1 Å². The highest BCUT2D eigenvalue weighted by molar-refractivity contribution is 5.78. The van der Waals surface area contributed by atoms with Crippen molar-refractivity contribution in [1.29, 1.82) is 0 Å². The van der Waals surface area contributed by atoms with Crippen molar-refractivity contribution in [3.63, 3.8) is 0 Å². The number of anilines is 1. The number of ether oxygens (including phenoxy) is 2. The molecule has 0 spiro atoms. The smallest absolute Gasteiger partial charge is 0.320 e. The van der Waals surface area contributed by atoms with Crippen LogP contribution in [0.3, 0.4) is 0 Å². The summed E-state index contributed by atoms with van der Waals surface area (Å²) in [6.07, 6.45) is 7.65. The average Bonchev–Trinajstić information content (AvgIpc) is 3.41. The van der Waals surface area contributed by atoms with E-state index in [2.05, 4.69) is 52.0 Å². The molecular weight excluding hydrogens is 504 g/mol. The van der Waals surface area contributed by atoms with Crippen LogP contribution in [0.2, 0.25) is 0 Å². The van der Waals surface area contributed by atoms with E-state index >= 15 is 0 Å². The predicted octanol–water partition coefficient (Wildman–Crippen LogP) is 3.77. The number of aliphatic imine (C=N–C) groups is 1. The minimum atomic E-state index is 0.320. The molecule has 2 aliphatic heterocycles. The normalized spacial score (nSPS) is 17.1. The van der Waals surface area contributed by atoms with Gasteiger partial charge in [0.25, 0.3) is 0 Å². The van der Waals surface area contributed by atoms with E-state index in [1.807, 2.05) is 10.7 Å². The molecule has 2 aromatic heterocycles. The molecule has 10 nitrogen and oxygen atoms in total. The van der Waals surface area contributed by atoms with Crippen molar-refractivity contribution in [2.75, 3.05) is 57.9 Å². The number of rotatable bonds is 10. The zero-order valence-electron chi connectivity index (χ0n) is 23.6. The minimum absolute atomic E-state index is 0.320. The second kappa shape index (κ2) is 13.5. The van der Waals surface area contributed by atoms with Gasteiger partial charge in [-0.2, -0.15) is 15.1 Å². The molecule has 0 bridgehead atoms. The van der Waals surface area contributed by atoms with E-state index < -0.39 is 0 Å². The summed E-state index contributed by atoms with van der Waals surface area (Å²) in [6, 6.07) is 13.0. The van der Waals surface area contributed by atoms with Crippen LogP contribution in [-0.4, -0.2) is 83.9 Å². The second-order valence-corrected chi connectivity index (χ2v) is 10.3. The summed E-state index contributed by atoms with van der Waals surface area (Å²) in [5.41, 5.74) is 11.0. The van der Waals surface area contributed by atoms with Gasteiger partial charge in [0.15, 0.2) is 5.82 Å². The third-order valence-corrected chi connectivity index (χ3v) is 7.29. The van der Waals surface area contributed by atoms with Crippen LogP contribution in [0.25, 0.3) is 17.1 Å². The first kappa shape index (κ1) is 27.8. The Labute approximate surface area is 236 Å². The van der Waals surface area contributed by atoms with E-state index in [9.17, 15) is 0 Å². The number of nitrogens with zero attached hydrogens (tertiary/aromatic N) is 7. The summed E-state index contributed by atoms with van der Waals surface area (Å²) < 4.78 is 13.6. The molecule has 2 aliphatic rings. The van der Waals surface area contributed by atoms with Gasteiger partial charge in [0, 0.05) is 50.9 Å². The predicted molar refractivity (Wildman–Crippen MR) is 158 cm³/mol. The average molecular weight is 545 g/mol. The van der Waals surface area contributed by atoms with Crippen molar-refractivity contribution >= 4 is 12.0 Å². The molecule has 212 valence electrons. The Hall–Kier alpha value is -3.76. The first-order valence-electron chi connectivity index (χ1n) is 14.2. The van der Waals surface area contributed by atoms with Crippen LogP contribution in [0.15, 0.2) is 53.2 Å². The van der Waals surface area contributed by atoms with Gasteiger partial charge in [-0.1, -0.05) is 30.2 Å². The molecule has 0 radical (unpaired) electrons. The Kier molecular flexibility index (Phi) is 9.41. The van der Waals surface area contributed by atoms with Crippen LogP contribution >= 0.6 is 0 Å². The lowest BCUT2D eigenvalue weighted by molar-refractivity contribution is 0.122. The van der Waals surface area contributed by atoms with Crippen LogP contribution in [-0.2, 0) is 11.3 Å². The van der Waals surface area contributed by atoms with Crippen molar-refractivity contribution in [1.82, 2.24) is 24.6 Å². The lowest BCUT2D eigenvalue weighted by atomic mass is 10.1. The van der Waals surface area contributed by atoms with E-state index in [0.29, 0.717) is 38.1 Å². The maximum absolute atomic E-state index is 6.09. The Bertz CT molecular complexity index is 1320. The maximum Gasteiger partial charge on any atom is 0.320 e. The molecule has 0 amide bonds. The highest BCUT2D eigenvalue weighted by Gasteiger charge is 2.21. The molecule has 2 fully saturated rings. The molecule has 10 heteroatoms. The summed E-state index contributed by atoms with van der Waals surface area (Å²) in [7, 11) is 1.72. The number of aryl methyl sites for hydroxylation is 1. The van der Waals surface area contributed by atoms with Gasteiger partial charge in [0.2, 0.25) is 0 Å². The molecule has 0 unspecified atom stereocenters. The Balaban J connectivity index is 1.51. The number of hydrogen-bond acceptors (Lipinski definition) is 9. The molecule has 40 heavy (non-hydrogen) atoms. The SMILES string of the molecule is CN=CC(=CN)CCOc1nc(N2CCOCC2)cc(-n2nc(-c3cccc(C)c3)cc2CN2CCCCC2)n1. The third kappa shape index (κ3) is 7.05. The third-order valence-electron chi connectivity index (χ3n) is 7.29. The lowest BCUT2D eigenvalue weighted by Crippen LogP contribution is -2.37. The quantitative estimate of drug-likeness (QED) is 0.385. The molecule has 1 aromatic carbocycles. The summed E-state index contributed by atoms with van der Waals surface area (Å²) in [6.45, 7) is 8.35. The van der Waals surface area contributed by atoms with Crippen molar-refractivity contribution in [2.45, 2.75) is 39.2 Å². The fraction of sp³-hybridized carbons (Fsp3) is 0.467. The van der Waals surface area contributed by atoms with E-state index in [4.69, 9.17) is 30.3 Å². The van der Waals surface area contributed by atoms with Gasteiger partial charge >= 0.3 is 6.01 Å². The summed E-state index contributed by atoms with van der Waals surface area (Å²) >= 11 is 0. The van der Waals surface area contributed by atoms with Crippen molar-refractivity contribution in [3.05, 3.63) is 59.4 Å². The first-order chi connectivity index (χ1) is 19.6. The maximum atomic E-state index is 6.09. The molecule has 4 heterocycles. The number of morpholine rings is 1. The van der Waals surface area contributed by atoms with Gasteiger partial charge in [0.1, 0.15) is 5.82 Å². The fourth-order valence-electron chi connectivity index (χ4n) is 5.17. The monoisotopic (exact) mass is 544 g/mol. The molecule has 5 rings (SSSR count). The number of hydrogen-bond donors (Lipinski definition) is 1. The van der Waals surface area contributed by atoms with Gasteiger partial charge < -0.3 is 20.1 Å². The number of likely N-dealkylation sites (tertiary alicyclic amines) is 1. The zero-order valence-corrected chi connectivity index (χ0v) is 23.6. The van der Waals surface area contributed by atoms with Crippen LogP contribution in [0, 0.1) is 6.92 Å². The molecule has 0 aliphatic carbocycles. The highest BCUT2D eigenvalue weighted by Crippen LogP contribution is 2.27. The molecule has 0 atom stereocenters. The van der Waals surface area contributed by atoms with Gasteiger partial charge in [-0.05, 0) is 56.8 Å². The summed E-state index contributed by atoms with van der Waals surface area (Å²) in [5.74, 6) is 1.51. The molecule has 2 N–H and O–H groups in total. The molecular formula is C30H40N8O2. The Morgan fingerprint density at radius 3 is 2.60 bits per heavy atom. The minimum Gasteiger partial charge on any atom is -0.463 e. The summed E-state index contributed by atoms with van der Waals surface area (Å²) in [5, 5.41) is 5.09. The first-order valence-corrected chi connectivity index (χ1v) is 14.2. The number of benzene rings is 1. The lowest BCUT2D eigenvalue weighted by Gasteiger charge is -2.28. The topological polar surface area (TPSA) is 107 Å². The van der Waals surface area contributed by atoms with Crippen LogP contribution < -0.4 is 15.4 Å². The van der Waals surface area contributed by atoms with Crippen LogP contribution in [0.1, 0.15) is 36.9 Å². The molecule has 2 saturated heterocycles. The van der Waals surface area contributed by atoms with Crippen molar-refractivity contribution in [3.8, 4) is 23.1 Å². The van der Waals surface area contributed by atoms with Crippen LogP contribution in [0.5, 0.6) is 6.01 Å². The number of aromatic nitrogens is 4. The fourth-order valence-corrected chi connectivity index (χ4v) is 5.17. The zero-order chi connectivity index (χ0) is 27.7. The van der Waals surface area contributed by atoms with Crippen molar-refractivity contribution < 1.29 is 9.47 Å². The van der Waals surface area contributed by atoms with E-state index in [1.54, 1.807) is 19.5 Å². The van der Waals surface area contributed by atoms with Gasteiger partial charge in [-0.25, -0.2) is 4.68 Å². The van der Waals surface area contributed by atoms with Gasteiger partial charge in [-0.15, -0.1) is 0 Å².